The van der Waals surface area contributed by atoms with Crippen LogP contribution in [0, 0.1) is 6.92 Å². The summed E-state index contributed by atoms with van der Waals surface area (Å²) in [6.07, 6.45) is 7.30. The molecule has 4 rings (SSSR count). The van der Waals surface area contributed by atoms with Crippen LogP contribution < -0.4 is 5.32 Å². The Bertz CT molecular complexity index is 684. The lowest BCUT2D eigenvalue weighted by Crippen LogP contribution is -2.50. The molecule has 9 heteroatoms. The molecule has 3 N–H and O–H groups in total. The number of likely N-dealkylation sites (tertiary alicyclic amines) is 1. The van der Waals surface area contributed by atoms with Crippen LogP contribution in [-0.4, -0.2) is 92.4 Å². The molecule has 0 radical (unpaired) electrons. The second kappa shape index (κ2) is 8.59. The highest BCUT2D eigenvalue weighted by atomic mass is 16.3. The first-order valence-electron chi connectivity index (χ1n) is 9.96. The summed E-state index contributed by atoms with van der Waals surface area (Å²) in [6, 6.07) is 0. The average Bonchev–Trinajstić information content (AvgIpc) is 3.32. The van der Waals surface area contributed by atoms with E-state index in [1.54, 1.807) is 16.1 Å². The molecule has 2 amide bonds. The highest BCUT2D eigenvalue weighted by molar-refractivity contribution is 5.87. The summed E-state index contributed by atoms with van der Waals surface area (Å²) in [7, 11) is 0. The van der Waals surface area contributed by atoms with Crippen molar-refractivity contribution in [3.63, 3.8) is 0 Å². The number of amides is 2. The van der Waals surface area contributed by atoms with Gasteiger partial charge >= 0.3 is 0 Å². The molecule has 1 unspecified atom stereocenters. The van der Waals surface area contributed by atoms with Crippen LogP contribution in [0.5, 0.6) is 0 Å². The predicted octanol–water partition coefficient (Wildman–Crippen LogP) is -0.882. The number of piperidine rings is 1. The predicted molar refractivity (Wildman–Crippen MR) is 102 cm³/mol. The Morgan fingerprint density at radius 3 is 2.54 bits per heavy atom. The first-order valence-corrected chi connectivity index (χ1v) is 9.96. The van der Waals surface area contributed by atoms with E-state index in [-0.39, 0.29) is 5.91 Å². The molecule has 3 fully saturated rings. The maximum atomic E-state index is 11.5. The second-order valence-corrected chi connectivity index (χ2v) is 8.16. The lowest BCUT2D eigenvalue weighted by Gasteiger charge is -2.37. The van der Waals surface area contributed by atoms with Gasteiger partial charge < -0.3 is 29.9 Å². The molecule has 9 nitrogen and oxygen atoms in total. The minimum atomic E-state index is -0.975. The van der Waals surface area contributed by atoms with E-state index >= 15 is 0 Å². The van der Waals surface area contributed by atoms with Crippen molar-refractivity contribution in [1.29, 1.82) is 0 Å². The lowest BCUT2D eigenvalue weighted by atomic mass is 9.93. The number of nitrogens with one attached hydrogen (secondary N) is 1. The molecule has 1 saturated carbocycles. The first kappa shape index (κ1) is 20.8. The van der Waals surface area contributed by atoms with Crippen LogP contribution in [0.25, 0.3) is 0 Å². The summed E-state index contributed by atoms with van der Waals surface area (Å²) in [5.41, 5.74) is -0.851. The van der Waals surface area contributed by atoms with E-state index in [9.17, 15) is 19.8 Å². The van der Waals surface area contributed by atoms with Crippen LogP contribution in [0.4, 0.5) is 0 Å². The number of hydrogen-bond acceptors (Lipinski definition) is 6. The van der Waals surface area contributed by atoms with E-state index in [1.807, 2.05) is 17.7 Å². The van der Waals surface area contributed by atoms with E-state index in [2.05, 4.69) is 10.3 Å². The molecule has 1 aliphatic carbocycles. The van der Waals surface area contributed by atoms with Crippen molar-refractivity contribution in [3.05, 3.63) is 18.2 Å². The monoisotopic (exact) mass is 393 g/mol. The maximum Gasteiger partial charge on any atom is 0.254 e. The van der Waals surface area contributed by atoms with Gasteiger partial charge in [0.1, 0.15) is 11.2 Å². The quantitative estimate of drug-likeness (QED) is 0.573. The number of aromatic nitrogens is 2. The Kier molecular flexibility index (Phi) is 6.36. The number of aryl methyl sites for hydroxylation is 1. The molecular weight excluding hydrogens is 362 g/mol. The normalized spacial score (nSPS) is 26.2. The number of rotatable bonds is 4. The summed E-state index contributed by atoms with van der Waals surface area (Å²) in [4.78, 5) is 29.7. The van der Waals surface area contributed by atoms with Gasteiger partial charge in [-0.3, -0.25) is 9.59 Å². The van der Waals surface area contributed by atoms with Gasteiger partial charge in [-0.1, -0.05) is 0 Å². The third-order valence-electron chi connectivity index (χ3n) is 5.50. The fraction of sp³-hybridized carbons (Fsp3) is 0.737. The molecular formula is C19H31N5O4. The minimum absolute atomic E-state index is 0.0657. The molecule has 3 heterocycles. The van der Waals surface area contributed by atoms with Gasteiger partial charge in [0.25, 0.3) is 5.91 Å². The Morgan fingerprint density at radius 2 is 1.96 bits per heavy atom. The minimum Gasteiger partial charge on any atom is -0.386 e. The highest BCUT2D eigenvalue weighted by Crippen LogP contribution is 2.36. The van der Waals surface area contributed by atoms with E-state index in [4.69, 9.17) is 0 Å². The lowest BCUT2D eigenvalue weighted by molar-refractivity contribution is -0.143. The summed E-state index contributed by atoms with van der Waals surface area (Å²) in [6.45, 7) is 6.74. The summed E-state index contributed by atoms with van der Waals surface area (Å²) in [5, 5.41) is 23.1. The SMILES string of the molecule is Cc1cn(CC2(O)CCCN(C=O)C2)cn1.O=C(N1CCNCC1)C1(O)CC1. The smallest absolute Gasteiger partial charge is 0.254 e. The Morgan fingerprint density at radius 1 is 1.25 bits per heavy atom. The van der Waals surface area contributed by atoms with Gasteiger partial charge in [0.15, 0.2) is 0 Å². The van der Waals surface area contributed by atoms with Crippen molar-refractivity contribution < 1.29 is 19.8 Å². The molecule has 2 saturated heterocycles. The molecule has 156 valence electrons. The second-order valence-electron chi connectivity index (χ2n) is 8.16. The van der Waals surface area contributed by atoms with Crippen molar-refractivity contribution in [1.82, 2.24) is 24.7 Å². The van der Waals surface area contributed by atoms with Gasteiger partial charge in [0.2, 0.25) is 6.41 Å². The third-order valence-corrected chi connectivity index (χ3v) is 5.50. The Balaban J connectivity index is 0.000000167. The number of hydrogen-bond donors (Lipinski definition) is 3. The summed E-state index contributed by atoms with van der Waals surface area (Å²) >= 11 is 0. The van der Waals surface area contributed by atoms with Gasteiger partial charge in [0, 0.05) is 38.9 Å². The van der Waals surface area contributed by atoms with Crippen LogP contribution in [0.1, 0.15) is 31.4 Å². The van der Waals surface area contributed by atoms with Crippen molar-refractivity contribution >= 4 is 12.3 Å². The Hall–Kier alpha value is -1.97. The van der Waals surface area contributed by atoms with Crippen molar-refractivity contribution in [2.45, 2.75) is 50.4 Å². The van der Waals surface area contributed by atoms with Crippen molar-refractivity contribution in [2.75, 3.05) is 39.3 Å². The number of β-amino-alcohol motifs (C(OH)–C–C–N with tert-alkyl or cyclic N) is 1. The highest BCUT2D eigenvalue weighted by Gasteiger charge is 2.50. The van der Waals surface area contributed by atoms with Crippen molar-refractivity contribution in [3.8, 4) is 0 Å². The van der Waals surface area contributed by atoms with Gasteiger partial charge in [0.05, 0.1) is 25.1 Å². The molecule has 0 bridgehead atoms. The zero-order valence-corrected chi connectivity index (χ0v) is 16.5. The molecule has 0 aromatic carbocycles. The van der Waals surface area contributed by atoms with Crippen LogP contribution in [0.2, 0.25) is 0 Å². The maximum absolute atomic E-state index is 11.5. The largest absolute Gasteiger partial charge is 0.386 e. The van der Waals surface area contributed by atoms with Gasteiger partial charge in [-0.25, -0.2) is 4.98 Å². The van der Waals surface area contributed by atoms with Crippen LogP contribution in [0.3, 0.4) is 0 Å². The summed E-state index contributed by atoms with van der Waals surface area (Å²) in [5.74, 6) is -0.0657. The van der Waals surface area contributed by atoms with Gasteiger partial charge in [-0.2, -0.15) is 0 Å². The van der Waals surface area contributed by atoms with Crippen molar-refractivity contribution in [2.24, 2.45) is 0 Å². The zero-order valence-electron chi connectivity index (χ0n) is 16.5. The van der Waals surface area contributed by atoms with Crippen LogP contribution >= 0.6 is 0 Å². The topological polar surface area (TPSA) is 111 Å². The van der Waals surface area contributed by atoms with Gasteiger partial charge in [-0.05, 0) is 32.6 Å². The first-order chi connectivity index (χ1) is 13.3. The number of aliphatic hydroxyl groups is 2. The standard InChI is InChI=1S/C11H17N3O2.C8H14N2O2/c1-10-5-14(8-12-10)7-11(16)3-2-4-13(6-11)9-15;11-7(8(12)1-2-8)10-5-3-9-4-6-10/h5,8-9,16H,2-4,6-7H2,1H3;9,12H,1-6H2. The van der Waals surface area contributed by atoms with Crippen LogP contribution in [-0.2, 0) is 16.1 Å². The number of carbonyl (C=O) groups is 2. The molecule has 1 atom stereocenters. The van der Waals surface area contributed by atoms with E-state index < -0.39 is 11.2 Å². The zero-order chi connectivity index (χ0) is 20.2. The molecule has 2 aliphatic heterocycles. The molecule has 1 aromatic rings. The fourth-order valence-electron chi connectivity index (χ4n) is 3.76. The fourth-order valence-corrected chi connectivity index (χ4v) is 3.76. The number of piperazine rings is 1. The van der Waals surface area contributed by atoms with Crippen LogP contribution in [0.15, 0.2) is 12.5 Å². The van der Waals surface area contributed by atoms with E-state index in [1.165, 1.54) is 0 Å². The number of carbonyl (C=O) groups excluding carboxylic acids is 2. The number of nitrogens with zero attached hydrogens (tertiary/aromatic N) is 4. The number of imidazole rings is 1. The molecule has 3 aliphatic rings. The van der Waals surface area contributed by atoms with Gasteiger partial charge in [-0.15, -0.1) is 0 Å². The Labute approximate surface area is 165 Å². The molecule has 28 heavy (non-hydrogen) atoms. The van der Waals surface area contributed by atoms with E-state index in [0.717, 1.165) is 57.7 Å². The molecule has 0 spiro atoms. The molecule has 1 aromatic heterocycles. The summed E-state index contributed by atoms with van der Waals surface area (Å²) < 4.78 is 1.88. The van der Waals surface area contributed by atoms with E-state index in [0.29, 0.717) is 25.9 Å². The third kappa shape index (κ3) is 5.30. The average molecular weight is 393 g/mol.